The molecule has 0 spiro atoms. The molecule has 0 unspecified atom stereocenters. The Morgan fingerprint density at radius 2 is 1.83 bits per heavy atom. The topological polar surface area (TPSA) is 53.5 Å². The maximum absolute atomic E-state index is 12.6. The Morgan fingerprint density at radius 3 is 2.50 bits per heavy atom. The Labute approximate surface area is 148 Å². The van der Waals surface area contributed by atoms with Crippen molar-refractivity contribution in [2.75, 3.05) is 26.2 Å². The fourth-order valence-corrected chi connectivity index (χ4v) is 5.18. The van der Waals surface area contributed by atoms with E-state index in [1.165, 1.54) is 5.01 Å². The third-order valence-electron chi connectivity index (χ3n) is 4.16. The van der Waals surface area contributed by atoms with Crippen LogP contribution in [0.25, 0.3) is 0 Å². The van der Waals surface area contributed by atoms with Gasteiger partial charge >= 0.3 is 0 Å². The number of thiazole rings is 1. The molecule has 1 fully saturated rings. The van der Waals surface area contributed by atoms with Gasteiger partial charge in [-0.2, -0.15) is 4.31 Å². The zero-order valence-electron chi connectivity index (χ0n) is 13.9. The Hall–Kier alpha value is -1.28. The fraction of sp³-hybridized carbons (Fsp3) is 0.471. The van der Waals surface area contributed by atoms with Gasteiger partial charge in [-0.1, -0.05) is 25.1 Å². The zero-order valence-corrected chi connectivity index (χ0v) is 15.5. The molecule has 0 N–H and O–H groups in total. The van der Waals surface area contributed by atoms with E-state index >= 15 is 0 Å². The van der Waals surface area contributed by atoms with Gasteiger partial charge in [-0.25, -0.2) is 13.4 Å². The lowest BCUT2D eigenvalue weighted by Crippen LogP contribution is -2.48. The van der Waals surface area contributed by atoms with Crippen LogP contribution in [-0.4, -0.2) is 48.8 Å². The van der Waals surface area contributed by atoms with Crippen molar-refractivity contribution < 1.29 is 8.42 Å². The highest BCUT2D eigenvalue weighted by Gasteiger charge is 2.28. The van der Waals surface area contributed by atoms with Gasteiger partial charge in [0.1, 0.15) is 0 Å². The number of aryl methyl sites for hydroxylation is 1. The van der Waals surface area contributed by atoms with E-state index in [1.807, 2.05) is 6.07 Å². The lowest BCUT2D eigenvalue weighted by atomic mass is 10.3. The quantitative estimate of drug-likeness (QED) is 0.790. The molecule has 1 aliphatic heterocycles. The van der Waals surface area contributed by atoms with Gasteiger partial charge < -0.3 is 0 Å². The van der Waals surface area contributed by atoms with Crippen molar-refractivity contribution in [3.05, 3.63) is 46.4 Å². The van der Waals surface area contributed by atoms with Crippen molar-refractivity contribution in [3.8, 4) is 0 Å². The Morgan fingerprint density at radius 1 is 1.12 bits per heavy atom. The van der Waals surface area contributed by atoms with Crippen LogP contribution >= 0.6 is 11.3 Å². The summed E-state index contributed by atoms with van der Waals surface area (Å²) in [5, 5.41) is 3.32. The van der Waals surface area contributed by atoms with E-state index in [-0.39, 0.29) is 0 Å². The normalized spacial score (nSPS) is 17.2. The monoisotopic (exact) mass is 365 g/mol. The summed E-state index contributed by atoms with van der Waals surface area (Å²) in [5.41, 5.74) is 1.10. The number of hydrogen-bond donors (Lipinski definition) is 0. The molecule has 130 valence electrons. The summed E-state index contributed by atoms with van der Waals surface area (Å²) in [6, 6.07) is 8.68. The van der Waals surface area contributed by atoms with Crippen LogP contribution in [0.4, 0.5) is 0 Å². The first-order valence-electron chi connectivity index (χ1n) is 8.30. The minimum atomic E-state index is -3.37. The average Bonchev–Trinajstić information content (AvgIpc) is 3.04. The minimum Gasteiger partial charge on any atom is -0.295 e. The number of nitrogens with zero attached hydrogens (tertiary/aromatic N) is 3. The highest BCUT2D eigenvalue weighted by molar-refractivity contribution is 7.89. The van der Waals surface area contributed by atoms with Gasteiger partial charge in [-0.15, -0.1) is 11.3 Å². The van der Waals surface area contributed by atoms with E-state index in [0.29, 0.717) is 18.0 Å². The van der Waals surface area contributed by atoms with Gasteiger partial charge in [0.2, 0.25) is 10.0 Å². The van der Waals surface area contributed by atoms with Gasteiger partial charge in [0.25, 0.3) is 0 Å². The van der Waals surface area contributed by atoms with Crippen LogP contribution in [0, 0.1) is 0 Å². The number of rotatable bonds is 6. The molecule has 0 atom stereocenters. The maximum Gasteiger partial charge on any atom is 0.243 e. The van der Waals surface area contributed by atoms with E-state index in [2.05, 4.69) is 22.2 Å². The van der Waals surface area contributed by atoms with Gasteiger partial charge in [-0.05, 0) is 25.0 Å². The van der Waals surface area contributed by atoms with Crippen LogP contribution in [0.5, 0.6) is 0 Å². The summed E-state index contributed by atoms with van der Waals surface area (Å²) in [7, 11) is -3.37. The molecule has 0 amide bonds. The molecule has 2 aromatic rings. The van der Waals surface area contributed by atoms with Crippen LogP contribution in [0.3, 0.4) is 0 Å². The molecule has 0 bridgehead atoms. The number of piperazine rings is 1. The second-order valence-electron chi connectivity index (χ2n) is 5.98. The van der Waals surface area contributed by atoms with Crippen molar-refractivity contribution in [1.82, 2.24) is 14.2 Å². The summed E-state index contributed by atoms with van der Waals surface area (Å²) < 4.78 is 26.8. The Balaban J connectivity index is 1.57. The van der Waals surface area contributed by atoms with Crippen LogP contribution < -0.4 is 0 Å². The highest BCUT2D eigenvalue weighted by Crippen LogP contribution is 2.19. The first-order chi connectivity index (χ1) is 11.6. The molecule has 1 aliphatic rings. The average molecular weight is 366 g/mol. The van der Waals surface area contributed by atoms with Crippen molar-refractivity contribution in [1.29, 1.82) is 0 Å². The number of benzene rings is 1. The smallest absolute Gasteiger partial charge is 0.243 e. The second-order valence-corrected chi connectivity index (χ2v) is 8.86. The van der Waals surface area contributed by atoms with Gasteiger partial charge in [0.05, 0.1) is 15.6 Å². The summed E-state index contributed by atoms with van der Waals surface area (Å²) in [4.78, 5) is 7.31. The van der Waals surface area contributed by atoms with Crippen molar-refractivity contribution in [2.45, 2.75) is 31.2 Å². The first kappa shape index (κ1) is 17.5. The number of aromatic nitrogens is 1. The molecule has 3 rings (SSSR count). The molecular formula is C17H23N3O2S2. The Kier molecular flexibility index (Phi) is 5.65. The zero-order chi connectivity index (χ0) is 17.0. The van der Waals surface area contributed by atoms with Crippen LogP contribution in [0.1, 0.15) is 24.0 Å². The second kappa shape index (κ2) is 7.74. The fourth-order valence-electron chi connectivity index (χ4n) is 2.85. The van der Waals surface area contributed by atoms with E-state index in [9.17, 15) is 8.42 Å². The van der Waals surface area contributed by atoms with Crippen molar-refractivity contribution in [2.24, 2.45) is 0 Å². The number of sulfonamides is 1. The van der Waals surface area contributed by atoms with Crippen LogP contribution in [0.15, 0.2) is 40.6 Å². The van der Waals surface area contributed by atoms with E-state index in [1.54, 1.807) is 39.9 Å². The molecule has 0 radical (unpaired) electrons. The maximum atomic E-state index is 12.6. The third kappa shape index (κ3) is 4.03. The summed E-state index contributed by atoms with van der Waals surface area (Å²) in [6.45, 7) is 5.51. The summed E-state index contributed by atoms with van der Waals surface area (Å²) in [6.07, 6.45) is 2.15. The van der Waals surface area contributed by atoms with Crippen molar-refractivity contribution >= 4 is 21.4 Å². The lowest BCUT2D eigenvalue weighted by molar-refractivity contribution is 0.180. The summed E-state index contributed by atoms with van der Waals surface area (Å²) in [5.74, 6) is 0. The largest absolute Gasteiger partial charge is 0.295 e. The van der Waals surface area contributed by atoms with Gasteiger partial charge in [-0.3, -0.25) is 4.90 Å². The summed E-state index contributed by atoms with van der Waals surface area (Å²) >= 11 is 1.72. The predicted octanol–water partition coefficient (Wildman–Crippen LogP) is 2.60. The van der Waals surface area contributed by atoms with Crippen LogP contribution in [0.2, 0.25) is 0 Å². The van der Waals surface area contributed by atoms with E-state index < -0.39 is 10.0 Å². The lowest BCUT2D eigenvalue weighted by Gasteiger charge is -2.33. The standard InChI is InChI=1S/C17H23N3O2S2/c1-2-6-17-18-15(14-23-17)13-19-9-11-20(12-10-19)24(21,22)16-7-4-3-5-8-16/h3-5,7-8,14H,2,6,9-13H2,1H3. The molecule has 24 heavy (non-hydrogen) atoms. The van der Waals surface area contributed by atoms with E-state index in [4.69, 9.17) is 0 Å². The molecule has 1 aromatic heterocycles. The highest BCUT2D eigenvalue weighted by atomic mass is 32.2. The third-order valence-corrected chi connectivity index (χ3v) is 7.03. The Bertz CT molecular complexity index is 751. The number of hydrogen-bond acceptors (Lipinski definition) is 5. The molecule has 1 saturated heterocycles. The van der Waals surface area contributed by atoms with Gasteiger partial charge in [0.15, 0.2) is 0 Å². The first-order valence-corrected chi connectivity index (χ1v) is 10.6. The van der Waals surface area contributed by atoms with Crippen LogP contribution in [-0.2, 0) is 23.0 Å². The van der Waals surface area contributed by atoms with Gasteiger partial charge in [0, 0.05) is 38.1 Å². The molecule has 5 nitrogen and oxygen atoms in total. The molecule has 0 saturated carbocycles. The predicted molar refractivity (Wildman–Crippen MR) is 96.6 cm³/mol. The molecule has 7 heteroatoms. The molecule has 0 aliphatic carbocycles. The molecule has 2 heterocycles. The molecular weight excluding hydrogens is 342 g/mol. The molecule has 1 aromatic carbocycles. The SMILES string of the molecule is CCCc1nc(CN2CCN(S(=O)(=O)c3ccccc3)CC2)cs1. The van der Waals surface area contributed by atoms with Crippen molar-refractivity contribution in [3.63, 3.8) is 0 Å². The minimum absolute atomic E-state index is 0.377. The van der Waals surface area contributed by atoms with E-state index in [0.717, 1.165) is 38.2 Å².